The maximum Gasteiger partial charge on any atom is 0.158 e. The van der Waals surface area contributed by atoms with Crippen LogP contribution in [0.15, 0.2) is 65.1 Å². The number of rotatable bonds is 6. The average Bonchev–Trinajstić information content (AvgIpc) is 3.08. The van der Waals surface area contributed by atoms with E-state index in [0.29, 0.717) is 22.4 Å². The Morgan fingerprint density at radius 3 is 2.52 bits per heavy atom. The van der Waals surface area contributed by atoms with Crippen LogP contribution in [-0.4, -0.2) is 11.1 Å². The molecule has 3 aromatic rings. The normalized spacial score (nSPS) is 13.6. The summed E-state index contributed by atoms with van der Waals surface area (Å²) in [5, 5.41) is 13.6. The Balaban J connectivity index is 1.64. The van der Waals surface area contributed by atoms with Crippen LogP contribution in [0.25, 0.3) is 11.3 Å². The molecule has 0 unspecified atom stereocenters. The van der Waals surface area contributed by atoms with E-state index in [9.17, 15) is 5.11 Å². The van der Waals surface area contributed by atoms with Gasteiger partial charge in [-0.2, -0.15) is 0 Å². The minimum Gasteiger partial charge on any atom is -0.455 e. The maximum atomic E-state index is 10.4. The summed E-state index contributed by atoms with van der Waals surface area (Å²) in [6, 6.07) is 18.8. The van der Waals surface area contributed by atoms with Crippen LogP contribution in [0.3, 0.4) is 0 Å². The zero-order valence-electron chi connectivity index (χ0n) is 13.8. The van der Waals surface area contributed by atoms with Gasteiger partial charge in [0.1, 0.15) is 24.5 Å². The molecule has 0 saturated carbocycles. The number of hydrogen-bond acceptors (Lipinski definition) is 2. The van der Waals surface area contributed by atoms with Gasteiger partial charge in [0, 0.05) is 10.6 Å². The van der Waals surface area contributed by atoms with Crippen molar-refractivity contribution in [1.29, 1.82) is 0 Å². The molecule has 3 nitrogen and oxygen atoms in total. The van der Waals surface area contributed by atoms with E-state index in [-0.39, 0.29) is 6.04 Å². The second-order valence-electron chi connectivity index (χ2n) is 6.04. The Morgan fingerprint density at radius 1 is 1.04 bits per heavy atom. The Kier molecular flexibility index (Phi) is 5.82. The largest absolute Gasteiger partial charge is 0.455 e. The first-order chi connectivity index (χ1) is 12.0. The van der Waals surface area contributed by atoms with E-state index < -0.39 is 6.10 Å². The van der Waals surface area contributed by atoms with Gasteiger partial charge < -0.3 is 14.8 Å². The van der Waals surface area contributed by atoms with Crippen molar-refractivity contribution in [3.8, 4) is 11.3 Å². The first-order valence-corrected chi connectivity index (χ1v) is 8.90. The van der Waals surface area contributed by atoms with E-state index in [0.717, 1.165) is 16.9 Å². The highest BCUT2D eigenvalue weighted by atomic mass is 35.5. The summed E-state index contributed by atoms with van der Waals surface area (Å²) in [4.78, 5) is 0. The van der Waals surface area contributed by atoms with Crippen LogP contribution in [-0.2, 0) is 6.54 Å². The van der Waals surface area contributed by atoms with Crippen molar-refractivity contribution in [1.82, 2.24) is 0 Å². The Labute approximate surface area is 157 Å². The molecule has 0 aliphatic carbocycles. The number of benzene rings is 2. The van der Waals surface area contributed by atoms with Crippen molar-refractivity contribution >= 4 is 23.2 Å². The predicted molar refractivity (Wildman–Crippen MR) is 101 cm³/mol. The van der Waals surface area contributed by atoms with Crippen molar-refractivity contribution in [2.45, 2.75) is 25.6 Å². The van der Waals surface area contributed by atoms with Crippen LogP contribution in [0.4, 0.5) is 0 Å². The number of halogens is 2. The number of furan rings is 1. The van der Waals surface area contributed by atoms with Gasteiger partial charge in [0.05, 0.1) is 5.02 Å². The number of nitrogens with two attached hydrogens (primary N) is 1. The molecule has 130 valence electrons. The lowest BCUT2D eigenvalue weighted by molar-refractivity contribution is -0.710. The average molecular weight is 377 g/mol. The van der Waals surface area contributed by atoms with Crippen LogP contribution in [0, 0.1) is 0 Å². The number of aliphatic hydroxyl groups excluding tert-OH is 1. The third-order valence-corrected chi connectivity index (χ3v) is 4.74. The predicted octanol–water partition coefficient (Wildman–Crippen LogP) is 4.44. The molecule has 1 aromatic heterocycles. The van der Waals surface area contributed by atoms with E-state index in [4.69, 9.17) is 27.6 Å². The van der Waals surface area contributed by atoms with Gasteiger partial charge in [-0.3, -0.25) is 0 Å². The fourth-order valence-corrected chi connectivity index (χ4v) is 3.21. The molecule has 0 spiro atoms. The lowest BCUT2D eigenvalue weighted by atomic mass is 10.0. The number of hydrogen-bond donors (Lipinski definition) is 2. The van der Waals surface area contributed by atoms with Crippen LogP contribution < -0.4 is 5.32 Å². The summed E-state index contributed by atoms with van der Waals surface area (Å²) in [7, 11) is 0. The minimum atomic E-state index is -0.527. The molecule has 0 radical (unpaired) electrons. The second kappa shape index (κ2) is 8.07. The van der Waals surface area contributed by atoms with Gasteiger partial charge >= 0.3 is 0 Å². The summed E-state index contributed by atoms with van der Waals surface area (Å²) >= 11 is 12.2. The molecule has 25 heavy (non-hydrogen) atoms. The fourth-order valence-electron chi connectivity index (χ4n) is 2.71. The smallest absolute Gasteiger partial charge is 0.158 e. The highest BCUT2D eigenvalue weighted by Crippen LogP contribution is 2.31. The van der Waals surface area contributed by atoms with Crippen molar-refractivity contribution in [2.24, 2.45) is 0 Å². The molecular weight excluding hydrogens is 357 g/mol. The topological polar surface area (TPSA) is 50.0 Å². The second-order valence-corrected chi connectivity index (χ2v) is 6.89. The van der Waals surface area contributed by atoms with Crippen molar-refractivity contribution < 1.29 is 14.8 Å². The summed E-state index contributed by atoms with van der Waals surface area (Å²) < 4.78 is 5.89. The van der Waals surface area contributed by atoms with Gasteiger partial charge in [-0.05, 0) is 42.8 Å². The summed E-state index contributed by atoms with van der Waals surface area (Å²) in [5.74, 6) is 1.54. The van der Waals surface area contributed by atoms with Crippen LogP contribution >= 0.6 is 23.2 Å². The van der Waals surface area contributed by atoms with Crippen LogP contribution in [0.2, 0.25) is 10.0 Å². The van der Waals surface area contributed by atoms with Gasteiger partial charge in [-0.25, -0.2) is 0 Å². The van der Waals surface area contributed by atoms with Gasteiger partial charge in [0.15, 0.2) is 5.76 Å². The summed E-state index contributed by atoms with van der Waals surface area (Å²) in [6.07, 6.45) is -0.527. The molecule has 5 heteroatoms. The van der Waals surface area contributed by atoms with E-state index in [1.165, 1.54) is 0 Å². The molecule has 0 saturated heterocycles. The zero-order chi connectivity index (χ0) is 17.8. The Hall–Kier alpha value is -1.78. The van der Waals surface area contributed by atoms with Gasteiger partial charge in [0.25, 0.3) is 0 Å². The van der Waals surface area contributed by atoms with E-state index >= 15 is 0 Å². The molecule has 0 fully saturated rings. The van der Waals surface area contributed by atoms with E-state index in [1.807, 2.05) is 55.5 Å². The molecule has 0 amide bonds. The third-order valence-electron chi connectivity index (χ3n) is 4.19. The maximum absolute atomic E-state index is 10.4. The molecule has 3 rings (SSSR count). The van der Waals surface area contributed by atoms with Gasteiger partial charge in [-0.1, -0.05) is 53.5 Å². The van der Waals surface area contributed by atoms with Crippen molar-refractivity contribution in [3.05, 3.63) is 82.0 Å². The quantitative estimate of drug-likeness (QED) is 0.667. The summed E-state index contributed by atoms with van der Waals surface area (Å²) in [6.45, 7) is 2.63. The first kappa shape index (κ1) is 18.0. The summed E-state index contributed by atoms with van der Waals surface area (Å²) in [5.41, 5.74) is 1.73. The van der Waals surface area contributed by atoms with E-state index in [2.05, 4.69) is 5.32 Å². The van der Waals surface area contributed by atoms with Crippen LogP contribution in [0.1, 0.15) is 24.4 Å². The lowest BCUT2D eigenvalue weighted by Gasteiger charge is -2.17. The standard InChI is InChI=1S/C20H19Cl2NO2/c1-13(20(24)14-5-3-2-4-6-14)23-12-16-8-10-19(25-16)17-9-7-15(21)11-18(17)22/h2-11,13,20,23-24H,12H2,1H3/p+1/t13-,20+/m1/s1. The molecule has 3 N–H and O–H groups in total. The van der Waals surface area contributed by atoms with Gasteiger partial charge in [-0.15, -0.1) is 0 Å². The SMILES string of the molecule is C[C@@H]([NH2+]Cc1ccc(-c2ccc(Cl)cc2Cl)o1)[C@H](O)c1ccccc1. The Bertz CT molecular complexity index is 833. The number of aliphatic hydroxyl groups is 1. The minimum absolute atomic E-state index is 0.00932. The molecular formula is C20H20Cl2NO2+. The van der Waals surface area contributed by atoms with Crippen molar-refractivity contribution in [2.75, 3.05) is 0 Å². The molecule has 0 aliphatic heterocycles. The van der Waals surface area contributed by atoms with Gasteiger partial charge in [0.2, 0.25) is 0 Å². The highest BCUT2D eigenvalue weighted by Gasteiger charge is 2.19. The van der Waals surface area contributed by atoms with E-state index in [1.54, 1.807) is 12.1 Å². The molecule has 0 aliphatic rings. The molecule has 2 aromatic carbocycles. The van der Waals surface area contributed by atoms with Crippen LogP contribution in [0.5, 0.6) is 0 Å². The van der Waals surface area contributed by atoms with Crippen molar-refractivity contribution in [3.63, 3.8) is 0 Å². The first-order valence-electron chi connectivity index (χ1n) is 8.15. The monoisotopic (exact) mass is 376 g/mol. The molecule has 2 atom stereocenters. The molecule has 1 heterocycles. The number of quaternary nitrogens is 1. The fraction of sp³-hybridized carbons (Fsp3) is 0.200. The third kappa shape index (κ3) is 4.44. The zero-order valence-corrected chi connectivity index (χ0v) is 15.3. The highest BCUT2D eigenvalue weighted by molar-refractivity contribution is 6.36. The Morgan fingerprint density at radius 2 is 1.80 bits per heavy atom. The molecule has 0 bridgehead atoms. The lowest BCUT2D eigenvalue weighted by Crippen LogP contribution is -2.88.